The maximum absolute atomic E-state index is 15.9. The van der Waals surface area contributed by atoms with E-state index in [1.165, 1.54) is 0 Å². The van der Waals surface area contributed by atoms with Crippen LogP contribution in [0.3, 0.4) is 0 Å². The van der Waals surface area contributed by atoms with E-state index < -0.39 is 11.2 Å². The van der Waals surface area contributed by atoms with Gasteiger partial charge < -0.3 is 4.74 Å². The summed E-state index contributed by atoms with van der Waals surface area (Å²) in [6.07, 6.45) is 4.04. The van der Waals surface area contributed by atoms with Gasteiger partial charge in [0.25, 0.3) is 5.91 Å². The fourth-order valence-electron chi connectivity index (χ4n) is 4.44. The molecule has 2 aliphatic rings. The highest BCUT2D eigenvalue weighted by atomic mass is 32.2. The molecule has 2 aromatic rings. The summed E-state index contributed by atoms with van der Waals surface area (Å²) >= 11 is 1.77. The number of carbonyl (C=O) groups is 1. The quantitative estimate of drug-likeness (QED) is 0.623. The lowest BCUT2D eigenvalue weighted by molar-refractivity contribution is 0.0897. The zero-order valence-electron chi connectivity index (χ0n) is 18.7. The molecular weight excluding hydrogens is 415 g/mol. The first-order valence-corrected chi connectivity index (χ1v) is 11.5. The summed E-state index contributed by atoms with van der Waals surface area (Å²) in [5.41, 5.74) is 0.145. The Hall–Kier alpha value is -2.19. The lowest BCUT2D eigenvalue weighted by Gasteiger charge is -2.37. The number of alkyl halides is 1. The first kappa shape index (κ1) is 22.0. The van der Waals surface area contributed by atoms with E-state index in [1.54, 1.807) is 54.6 Å². The summed E-state index contributed by atoms with van der Waals surface area (Å²) in [5, 5.41) is 0.481. The van der Waals surface area contributed by atoms with Gasteiger partial charge in [0, 0.05) is 36.2 Å². The Morgan fingerprint density at radius 2 is 1.90 bits per heavy atom. The predicted octanol–water partition coefficient (Wildman–Crippen LogP) is 4.70. The van der Waals surface area contributed by atoms with Gasteiger partial charge in [-0.05, 0) is 38.8 Å². The Kier molecular flexibility index (Phi) is 5.72. The minimum absolute atomic E-state index is 0.162. The number of amides is 1. The lowest BCUT2D eigenvalue weighted by atomic mass is 9.87. The molecule has 0 aliphatic carbocycles. The average molecular weight is 445 g/mol. The van der Waals surface area contributed by atoms with Crippen LogP contribution in [-0.4, -0.2) is 45.6 Å². The first-order chi connectivity index (χ1) is 14.7. The van der Waals surface area contributed by atoms with Gasteiger partial charge in [-0.2, -0.15) is 0 Å². The van der Waals surface area contributed by atoms with Crippen molar-refractivity contribution >= 4 is 23.5 Å². The van der Waals surface area contributed by atoms with Crippen LogP contribution in [-0.2, 0) is 11.2 Å². The molecule has 4 heterocycles. The van der Waals surface area contributed by atoms with Gasteiger partial charge in [-0.3, -0.25) is 19.0 Å². The van der Waals surface area contributed by atoms with E-state index in [1.807, 2.05) is 13.8 Å². The van der Waals surface area contributed by atoms with Crippen molar-refractivity contribution in [3.63, 3.8) is 0 Å². The third kappa shape index (κ3) is 3.91. The predicted molar refractivity (Wildman–Crippen MR) is 121 cm³/mol. The Labute approximate surface area is 187 Å². The van der Waals surface area contributed by atoms with Crippen LogP contribution < -0.4 is 9.64 Å². The molecule has 0 N–H and O–H groups in total. The molecule has 31 heavy (non-hydrogen) atoms. The van der Waals surface area contributed by atoms with Crippen LogP contribution >= 0.6 is 11.9 Å². The second kappa shape index (κ2) is 8.06. The number of hydrogen-bond acceptors (Lipinski definition) is 6. The van der Waals surface area contributed by atoms with Gasteiger partial charge in [-0.15, -0.1) is 0 Å². The molecule has 0 aromatic carbocycles. The third-order valence-electron chi connectivity index (χ3n) is 6.03. The fourth-order valence-corrected chi connectivity index (χ4v) is 5.43. The molecule has 1 saturated heterocycles. The topological polar surface area (TPSA) is 58.6 Å². The summed E-state index contributed by atoms with van der Waals surface area (Å²) < 4.78 is 23.4. The second-order valence-corrected chi connectivity index (χ2v) is 10.6. The van der Waals surface area contributed by atoms with Gasteiger partial charge in [0.05, 0.1) is 35.8 Å². The van der Waals surface area contributed by atoms with Crippen molar-refractivity contribution in [1.82, 2.24) is 14.3 Å². The number of halogens is 1. The fraction of sp³-hybridized carbons (Fsp3) is 0.522. The molecule has 0 atom stereocenters. The van der Waals surface area contributed by atoms with E-state index >= 15 is 4.39 Å². The minimum Gasteiger partial charge on any atom is -0.481 e. The van der Waals surface area contributed by atoms with E-state index in [0.29, 0.717) is 59.6 Å². The third-order valence-corrected chi connectivity index (χ3v) is 7.11. The smallest absolute Gasteiger partial charge is 0.261 e. The molecule has 4 rings (SSSR count). The Morgan fingerprint density at radius 3 is 2.55 bits per heavy atom. The van der Waals surface area contributed by atoms with E-state index in [0.717, 1.165) is 0 Å². The van der Waals surface area contributed by atoms with Crippen molar-refractivity contribution < 1.29 is 13.9 Å². The molecule has 6 nitrogen and oxygen atoms in total. The van der Waals surface area contributed by atoms with Crippen molar-refractivity contribution in [3.8, 4) is 5.88 Å². The monoisotopic (exact) mass is 444 g/mol. The number of methoxy groups -OCH3 is 1. The summed E-state index contributed by atoms with van der Waals surface area (Å²) in [4.78, 5) is 23.7. The molecule has 0 unspecified atom stereocenters. The summed E-state index contributed by atoms with van der Waals surface area (Å²) in [5.74, 6) is 0.298. The number of nitrogens with zero attached hydrogens (tertiary/aromatic N) is 4. The molecule has 2 aromatic heterocycles. The standard InChI is InChI=1S/C23H29FN4O2S/c1-15(2)31-27-10-8-23(24,9-11-27)16-12-17(14-25-13-16)28-21(29)18-6-7-19(30-5)26-20(18)22(28,3)4/h6-7,12-15H,8-11H2,1-5H3. The highest BCUT2D eigenvalue weighted by molar-refractivity contribution is 7.97. The maximum atomic E-state index is 15.9. The van der Waals surface area contributed by atoms with Crippen LogP contribution in [0.1, 0.15) is 62.2 Å². The molecule has 8 heteroatoms. The second-order valence-electron chi connectivity index (χ2n) is 8.93. The van der Waals surface area contributed by atoms with Crippen LogP contribution in [0.5, 0.6) is 5.88 Å². The van der Waals surface area contributed by atoms with Gasteiger partial charge in [0.1, 0.15) is 5.67 Å². The first-order valence-electron chi connectivity index (χ1n) is 10.6. The van der Waals surface area contributed by atoms with Gasteiger partial charge >= 0.3 is 0 Å². The number of piperidine rings is 1. The van der Waals surface area contributed by atoms with E-state index in [2.05, 4.69) is 28.1 Å². The number of aromatic nitrogens is 2. The number of rotatable bonds is 5. The number of pyridine rings is 2. The molecule has 166 valence electrons. The normalized spacial score (nSPS) is 20.2. The molecule has 0 saturated carbocycles. The Bertz CT molecular complexity index is 989. The highest BCUT2D eigenvalue weighted by Crippen LogP contribution is 2.44. The Balaban J connectivity index is 1.62. The molecule has 2 aliphatic heterocycles. The molecule has 1 amide bonds. The van der Waals surface area contributed by atoms with Crippen LogP contribution in [0, 0.1) is 0 Å². The SMILES string of the molecule is COc1ccc2c(n1)C(C)(C)N(c1cncc(C3(F)CCN(SC(C)C)CC3)c1)C2=O. The Morgan fingerprint density at radius 1 is 1.19 bits per heavy atom. The average Bonchev–Trinajstić information content (AvgIpc) is 2.94. The molecular formula is C23H29FN4O2S. The van der Waals surface area contributed by atoms with Gasteiger partial charge in [-0.25, -0.2) is 9.37 Å². The molecule has 0 radical (unpaired) electrons. The van der Waals surface area contributed by atoms with Crippen LogP contribution in [0.4, 0.5) is 10.1 Å². The van der Waals surface area contributed by atoms with Gasteiger partial charge in [0.2, 0.25) is 5.88 Å². The largest absolute Gasteiger partial charge is 0.481 e. The summed E-state index contributed by atoms with van der Waals surface area (Å²) in [7, 11) is 1.55. The van der Waals surface area contributed by atoms with Crippen LogP contribution in [0.2, 0.25) is 0 Å². The summed E-state index contributed by atoms with van der Waals surface area (Å²) in [6, 6.07) is 5.20. The molecule has 1 fully saturated rings. The van der Waals surface area contributed by atoms with Crippen molar-refractivity contribution in [2.45, 2.75) is 57.0 Å². The number of fused-ring (bicyclic) bond motifs is 1. The van der Waals surface area contributed by atoms with E-state index in [-0.39, 0.29) is 5.91 Å². The van der Waals surface area contributed by atoms with Crippen molar-refractivity contribution in [1.29, 1.82) is 0 Å². The van der Waals surface area contributed by atoms with Crippen molar-refractivity contribution in [3.05, 3.63) is 47.4 Å². The highest BCUT2D eigenvalue weighted by Gasteiger charge is 2.46. The number of anilines is 1. The van der Waals surface area contributed by atoms with Gasteiger partial charge in [0.15, 0.2) is 0 Å². The van der Waals surface area contributed by atoms with E-state index in [4.69, 9.17) is 4.74 Å². The van der Waals surface area contributed by atoms with Crippen molar-refractivity contribution in [2.75, 3.05) is 25.1 Å². The lowest BCUT2D eigenvalue weighted by Crippen LogP contribution is -2.40. The van der Waals surface area contributed by atoms with E-state index in [9.17, 15) is 4.79 Å². The zero-order valence-corrected chi connectivity index (χ0v) is 19.5. The maximum Gasteiger partial charge on any atom is 0.261 e. The number of hydrogen-bond donors (Lipinski definition) is 0. The minimum atomic E-state index is -1.45. The van der Waals surface area contributed by atoms with Gasteiger partial charge in [-0.1, -0.05) is 25.8 Å². The zero-order chi connectivity index (χ0) is 22.4. The van der Waals surface area contributed by atoms with Crippen LogP contribution in [0.25, 0.3) is 0 Å². The van der Waals surface area contributed by atoms with Crippen LogP contribution in [0.15, 0.2) is 30.6 Å². The summed E-state index contributed by atoms with van der Waals surface area (Å²) in [6.45, 7) is 9.53. The molecule has 0 spiro atoms. The van der Waals surface area contributed by atoms with Crippen molar-refractivity contribution in [2.24, 2.45) is 0 Å². The number of ether oxygens (including phenoxy) is 1. The number of carbonyl (C=O) groups excluding carboxylic acids is 1. The molecule has 0 bridgehead atoms.